The average molecular weight is 463 g/mol. The first-order valence-corrected chi connectivity index (χ1v) is 11.0. The highest BCUT2D eigenvalue weighted by molar-refractivity contribution is 6.36. The van der Waals surface area contributed by atoms with Gasteiger partial charge in [-0.1, -0.05) is 23.2 Å². The van der Waals surface area contributed by atoms with Crippen LogP contribution in [0.15, 0.2) is 22.6 Å². The molecule has 0 radical (unpaired) electrons. The van der Waals surface area contributed by atoms with Crippen molar-refractivity contribution in [3.63, 3.8) is 0 Å². The Morgan fingerprint density at radius 1 is 1.16 bits per heavy atom. The molecule has 2 aliphatic rings. The molecule has 2 aliphatic heterocycles. The number of hydrogen-bond donors (Lipinski definition) is 0. The van der Waals surface area contributed by atoms with Gasteiger partial charge in [-0.05, 0) is 51.1 Å². The van der Waals surface area contributed by atoms with Gasteiger partial charge in [-0.3, -0.25) is 0 Å². The van der Waals surface area contributed by atoms with Gasteiger partial charge in [-0.15, -0.1) is 15.3 Å². The monoisotopic (exact) mass is 462 g/mol. The maximum atomic E-state index is 14.0. The SMILES string of the molecule is CN1CCC(c2nnc(-c3cc4c(nn3)CCCN4Cc3c(Cl)ccc(F)c3Cl)o2)C1. The summed E-state index contributed by atoms with van der Waals surface area (Å²) in [6.45, 7) is 3.06. The maximum absolute atomic E-state index is 14.0. The van der Waals surface area contributed by atoms with Gasteiger partial charge < -0.3 is 14.2 Å². The molecule has 1 unspecified atom stereocenters. The molecule has 10 heteroatoms. The normalized spacial score (nSPS) is 19.1. The highest BCUT2D eigenvalue weighted by Gasteiger charge is 2.28. The number of nitrogens with zero attached hydrogens (tertiary/aromatic N) is 6. The smallest absolute Gasteiger partial charge is 0.268 e. The summed E-state index contributed by atoms with van der Waals surface area (Å²) >= 11 is 12.5. The predicted molar refractivity (Wildman–Crippen MR) is 116 cm³/mol. The van der Waals surface area contributed by atoms with Gasteiger partial charge in [0.05, 0.1) is 22.3 Å². The summed E-state index contributed by atoms with van der Waals surface area (Å²) in [5.41, 5.74) is 2.84. The molecule has 5 rings (SSSR count). The Kier molecular flexibility index (Phi) is 5.54. The molecule has 0 bridgehead atoms. The highest BCUT2D eigenvalue weighted by Crippen LogP contribution is 2.34. The number of aromatic nitrogens is 4. The lowest BCUT2D eigenvalue weighted by molar-refractivity contribution is 0.393. The maximum Gasteiger partial charge on any atom is 0.268 e. The quantitative estimate of drug-likeness (QED) is 0.533. The average Bonchev–Trinajstić information content (AvgIpc) is 3.43. The van der Waals surface area contributed by atoms with Gasteiger partial charge in [0.1, 0.15) is 5.82 Å². The van der Waals surface area contributed by atoms with E-state index in [4.69, 9.17) is 27.6 Å². The fourth-order valence-electron chi connectivity index (χ4n) is 4.23. The van der Waals surface area contributed by atoms with Crippen molar-refractivity contribution < 1.29 is 8.81 Å². The second-order valence-corrected chi connectivity index (χ2v) is 8.89. The molecule has 162 valence electrons. The Hall–Kier alpha value is -2.29. The molecular formula is C21H21Cl2FN6O. The summed E-state index contributed by atoms with van der Waals surface area (Å²) in [7, 11) is 2.08. The van der Waals surface area contributed by atoms with Crippen molar-refractivity contribution in [1.82, 2.24) is 25.3 Å². The lowest BCUT2D eigenvalue weighted by Gasteiger charge is -2.31. The number of halogens is 3. The van der Waals surface area contributed by atoms with Crippen molar-refractivity contribution >= 4 is 28.9 Å². The summed E-state index contributed by atoms with van der Waals surface area (Å²) < 4.78 is 19.9. The number of hydrogen-bond acceptors (Lipinski definition) is 7. The third-order valence-electron chi connectivity index (χ3n) is 5.92. The molecular weight excluding hydrogens is 442 g/mol. The van der Waals surface area contributed by atoms with Crippen LogP contribution in [0.3, 0.4) is 0 Å². The highest BCUT2D eigenvalue weighted by atomic mass is 35.5. The minimum absolute atomic E-state index is 0.0462. The molecule has 3 aromatic rings. The molecule has 1 atom stereocenters. The molecule has 2 aromatic heterocycles. The van der Waals surface area contributed by atoms with Crippen LogP contribution in [0.5, 0.6) is 0 Å². The molecule has 1 saturated heterocycles. The van der Waals surface area contributed by atoms with E-state index >= 15 is 0 Å². The zero-order valence-corrected chi connectivity index (χ0v) is 18.5. The fourth-order valence-corrected chi connectivity index (χ4v) is 4.72. The van der Waals surface area contributed by atoms with Crippen LogP contribution in [-0.4, -0.2) is 52.0 Å². The zero-order chi connectivity index (χ0) is 21.5. The van der Waals surface area contributed by atoms with Crippen molar-refractivity contribution in [2.45, 2.75) is 31.7 Å². The van der Waals surface area contributed by atoms with Gasteiger partial charge in [0.25, 0.3) is 5.89 Å². The molecule has 1 aromatic carbocycles. The van der Waals surface area contributed by atoms with Gasteiger partial charge in [-0.25, -0.2) is 4.39 Å². The van der Waals surface area contributed by atoms with Crippen LogP contribution in [0.4, 0.5) is 10.1 Å². The van der Waals surface area contributed by atoms with Gasteiger partial charge in [0, 0.05) is 30.2 Å². The van der Waals surface area contributed by atoms with E-state index in [1.165, 1.54) is 12.1 Å². The molecule has 4 heterocycles. The fraction of sp³-hybridized carbons (Fsp3) is 0.429. The van der Waals surface area contributed by atoms with Crippen molar-refractivity contribution in [1.29, 1.82) is 0 Å². The Balaban J connectivity index is 1.44. The zero-order valence-electron chi connectivity index (χ0n) is 17.0. The van der Waals surface area contributed by atoms with Crippen LogP contribution >= 0.6 is 23.2 Å². The van der Waals surface area contributed by atoms with E-state index in [1.54, 1.807) is 0 Å². The minimum atomic E-state index is -0.484. The van der Waals surface area contributed by atoms with Crippen LogP contribution in [-0.2, 0) is 13.0 Å². The van der Waals surface area contributed by atoms with Crippen molar-refractivity contribution in [3.05, 3.63) is 51.2 Å². The molecule has 0 aliphatic carbocycles. The summed E-state index contributed by atoms with van der Waals surface area (Å²) in [5, 5.41) is 17.6. The second-order valence-electron chi connectivity index (χ2n) is 8.10. The van der Waals surface area contributed by atoms with Crippen molar-refractivity contribution in [2.75, 3.05) is 31.6 Å². The number of anilines is 1. The number of benzene rings is 1. The first-order valence-electron chi connectivity index (χ1n) is 10.3. The Morgan fingerprint density at radius 3 is 2.84 bits per heavy atom. The van der Waals surface area contributed by atoms with E-state index in [0.29, 0.717) is 34.6 Å². The van der Waals surface area contributed by atoms with E-state index in [1.807, 2.05) is 6.07 Å². The van der Waals surface area contributed by atoms with Crippen LogP contribution in [0.2, 0.25) is 10.0 Å². The largest absolute Gasteiger partial charge is 0.419 e. The first kappa shape index (κ1) is 20.6. The van der Waals surface area contributed by atoms with Crippen molar-refractivity contribution in [3.8, 4) is 11.6 Å². The molecule has 0 amide bonds. The summed E-state index contributed by atoms with van der Waals surface area (Å²) in [5.74, 6) is 0.745. The molecule has 31 heavy (non-hydrogen) atoms. The van der Waals surface area contributed by atoms with Crippen LogP contribution < -0.4 is 4.90 Å². The van der Waals surface area contributed by atoms with E-state index in [-0.39, 0.29) is 10.9 Å². The van der Waals surface area contributed by atoms with E-state index in [2.05, 4.69) is 37.2 Å². The molecule has 7 nitrogen and oxygen atoms in total. The number of rotatable bonds is 4. The second kappa shape index (κ2) is 8.33. The summed E-state index contributed by atoms with van der Waals surface area (Å²) in [4.78, 5) is 4.33. The third kappa shape index (κ3) is 4.00. The van der Waals surface area contributed by atoms with E-state index in [9.17, 15) is 4.39 Å². The minimum Gasteiger partial charge on any atom is -0.419 e. The van der Waals surface area contributed by atoms with Gasteiger partial charge >= 0.3 is 0 Å². The number of likely N-dealkylation sites (tertiary alicyclic amines) is 1. The van der Waals surface area contributed by atoms with E-state index in [0.717, 1.165) is 50.3 Å². The molecule has 0 N–H and O–H groups in total. The summed E-state index contributed by atoms with van der Waals surface area (Å²) in [6.07, 6.45) is 2.72. The number of aryl methyl sites for hydroxylation is 1. The van der Waals surface area contributed by atoms with Gasteiger partial charge in [0.2, 0.25) is 5.89 Å². The lowest BCUT2D eigenvalue weighted by Crippen LogP contribution is -2.30. The number of fused-ring (bicyclic) bond motifs is 1. The Morgan fingerprint density at radius 2 is 2.03 bits per heavy atom. The molecule has 1 fully saturated rings. The molecule has 0 spiro atoms. The van der Waals surface area contributed by atoms with Gasteiger partial charge in [0.15, 0.2) is 5.69 Å². The molecule has 0 saturated carbocycles. The lowest BCUT2D eigenvalue weighted by atomic mass is 10.1. The first-order chi connectivity index (χ1) is 15.0. The summed E-state index contributed by atoms with van der Waals surface area (Å²) in [6, 6.07) is 4.71. The van der Waals surface area contributed by atoms with Crippen molar-refractivity contribution in [2.24, 2.45) is 0 Å². The predicted octanol–water partition coefficient (Wildman–Crippen LogP) is 4.34. The number of likely N-dealkylation sites (N-methyl/N-ethyl adjacent to an activating group) is 1. The van der Waals surface area contributed by atoms with Crippen LogP contribution in [0.25, 0.3) is 11.6 Å². The third-order valence-corrected chi connectivity index (χ3v) is 6.68. The Bertz CT molecular complexity index is 1120. The standard InChI is InChI=1S/C21H21Cl2FN6O/c1-29-8-6-12(10-29)20-27-28-21(31-20)17-9-18-16(25-26-17)3-2-7-30(18)11-13-14(22)4-5-15(24)19(13)23/h4-5,9,12H,2-3,6-8,10-11H2,1H3. The van der Waals surface area contributed by atoms with Crippen LogP contribution in [0.1, 0.15) is 35.9 Å². The van der Waals surface area contributed by atoms with Crippen LogP contribution in [0, 0.1) is 5.82 Å². The Labute approximate surface area is 189 Å². The van der Waals surface area contributed by atoms with E-state index < -0.39 is 5.82 Å². The topological polar surface area (TPSA) is 71.2 Å². The van der Waals surface area contributed by atoms with Gasteiger partial charge in [-0.2, -0.15) is 5.10 Å².